The van der Waals surface area contributed by atoms with E-state index in [9.17, 15) is 0 Å². The molecule has 3 rings (SSSR count). The second-order valence-corrected chi connectivity index (χ2v) is 4.02. The Morgan fingerprint density at radius 2 is 2.17 bits per heavy atom. The maximum Gasteiger partial charge on any atom is 0.222 e. The summed E-state index contributed by atoms with van der Waals surface area (Å²) in [6.45, 7) is 0. The summed E-state index contributed by atoms with van der Waals surface area (Å²) in [5, 5.41) is 4.15. The Bertz CT molecular complexity index is 659. The summed E-state index contributed by atoms with van der Waals surface area (Å²) in [4.78, 5) is 7.51. The van der Waals surface area contributed by atoms with Gasteiger partial charge in [0.25, 0.3) is 0 Å². The van der Waals surface area contributed by atoms with Gasteiger partial charge >= 0.3 is 0 Å². The summed E-state index contributed by atoms with van der Waals surface area (Å²) in [5.74, 6) is 0.640. The SMILES string of the molecule is Cn1cccc1C=NNc1nc2ccccc2[nH]1. The zero-order valence-corrected chi connectivity index (χ0v) is 9.96. The van der Waals surface area contributed by atoms with Gasteiger partial charge in [-0.2, -0.15) is 5.10 Å². The third kappa shape index (κ3) is 1.98. The van der Waals surface area contributed by atoms with Crippen molar-refractivity contribution >= 4 is 23.2 Å². The number of nitrogens with zero attached hydrogens (tertiary/aromatic N) is 3. The number of aryl methyl sites for hydroxylation is 1. The number of aromatic amines is 1. The predicted molar refractivity (Wildman–Crippen MR) is 72.7 cm³/mol. The van der Waals surface area contributed by atoms with Crippen molar-refractivity contribution in [2.75, 3.05) is 5.43 Å². The maximum atomic E-state index is 4.37. The van der Waals surface area contributed by atoms with Crippen molar-refractivity contribution in [3.05, 3.63) is 48.3 Å². The molecule has 18 heavy (non-hydrogen) atoms. The molecular weight excluding hydrogens is 226 g/mol. The fourth-order valence-corrected chi connectivity index (χ4v) is 1.77. The van der Waals surface area contributed by atoms with Gasteiger partial charge in [0, 0.05) is 13.2 Å². The molecule has 0 saturated heterocycles. The molecule has 5 nitrogen and oxygen atoms in total. The minimum absolute atomic E-state index is 0.640. The highest BCUT2D eigenvalue weighted by Crippen LogP contribution is 2.12. The molecule has 0 atom stereocenters. The van der Waals surface area contributed by atoms with Crippen molar-refractivity contribution < 1.29 is 0 Å². The third-order valence-electron chi connectivity index (χ3n) is 2.74. The van der Waals surface area contributed by atoms with Crippen molar-refractivity contribution in [2.24, 2.45) is 12.1 Å². The zero-order chi connectivity index (χ0) is 12.4. The van der Waals surface area contributed by atoms with Crippen LogP contribution in [0.3, 0.4) is 0 Å². The van der Waals surface area contributed by atoms with Crippen LogP contribution >= 0.6 is 0 Å². The molecule has 0 spiro atoms. The first-order chi connectivity index (χ1) is 8.83. The molecule has 2 N–H and O–H groups in total. The standard InChI is InChI=1S/C13H13N5/c1-18-8-4-5-10(18)9-14-17-13-15-11-6-2-3-7-12(11)16-13/h2-9H,1H3,(H2,15,16,17). The molecule has 0 bridgehead atoms. The van der Waals surface area contributed by atoms with Crippen LogP contribution in [0.25, 0.3) is 11.0 Å². The van der Waals surface area contributed by atoms with Gasteiger partial charge in [-0.1, -0.05) is 12.1 Å². The maximum absolute atomic E-state index is 4.37. The van der Waals surface area contributed by atoms with Crippen LogP contribution in [-0.4, -0.2) is 20.7 Å². The molecule has 0 aliphatic rings. The van der Waals surface area contributed by atoms with E-state index in [1.807, 2.05) is 54.2 Å². The van der Waals surface area contributed by atoms with E-state index in [1.165, 1.54) is 0 Å². The van der Waals surface area contributed by atoms with Crippen LogP contribution in [0, 0.1) is 0 Å². The number of imidazole rings is 1. The molecule has 0 aliphatic carbocycles. The van der Waals surface area contributed by atoms with Crippen LogP contribution in [0.5, 0.6) is 0 Å². The van der Waals surface area contributed by atoms with Gasteiger partial charge in [-0.25, -0.2) is 10.4 Å². The van der Waals surface area contributed by atoms with Gasteiger partial charge in [-0.3, -0.25) is 0 Å². The third-order valence-corrected chi connectivity index (χ3v) is 2.74. The smallest absolute Gasteiger partial charge is 0.222 e. The zero-order valence-electron chi connectivity index (χ0n) is 9.96. The van der Waals surface area contributed by atoms with E-state index >= 15 is 0 Å². The molecule has 0 radical (unpaired) electrons. The fraction of sp³-hybridized carbons (Fsp3) is 0.0769. The first kappa shape index (κ1) is 10.6. The van der Waals surface area contributed by atoms with E-state index in [0.717, 1.165) is 16.7 Å². The molecular formula is C13H13N5. The van der Waals surface area contributed by atoms with Crippen LogP contribution in [0.2, 0.25) is 0 Å². The van der Waals surface area contributed by atoms with Crippen LogP contribution in [0.4, 0.5) is 5.95 Å². The minimum atomic E-state index is 0.640. The van der Waals surface area contributed by atoms with E-state index in [2.05, 4.69) is 20.5 Å². The van der Waals surface area contributed by atoms with Crippen LogP contribution < -0.4 is 5.43 Å². The number of hydrazone groups is 1. The van der Waals surface area contributed by atoms with Gasteiger partial charge in [0.2, 0.25) is 5.95 Å². The highest BCUT2D eigenvalue weighted by atomic mass is 15.4. The topological polar surface area (TPSA) is 58.0 Å². The van der Waals surface area contributed by atoms with Crippen molar-refractivity contribution in [2.45, 2.75) is 0 Å². The quantitative estimate of drug-likeness (QED) is 0.544. The van der Waals surface area contributed by atoms with E-state index in [4.69, 9.17) is 0 Å². The molecule has 1 aromatic carbocycles. The lowest BCUT2D eigenvalue weighted by atomic mass is 10.3. The average Bonchev–Trinajstić information content (AvgIpc) is 2.96. The number of hydrogen-bond acceptors (Lipinski definition) is 3. The predicted octanol–water partition coefficient (Wildman–Crippen LogP) is 2.35. The summed E-state index contributed by atoms with van der Waals surface area (Å²) in [5.41, 5.74) is 5.84. The van der Waals surface area contributed by atoms with Crippen LogP contribution in [0.1, 0.15) is 5.69 Å². The number of fused-ring (bicyclic) bond motifs is 1. The number of rotatable bonds is 3. The average molecular weight is 239 g/mol. The first-order valence-corrected chi connectivity index (χ1v) is 5.68. The van der Waals surface area contributed by atoms with Gasteiger partial charge in [-0.15, -0.1) is 0 Å². The largest absolute Gasteiger partial charge is 0.350 e. The number of H-pyrrole nitrogens is 1. The molecule has 5 heteroatoms. The molecule has 0 saturated carbocycles. The molecule has 0 fully saturated rings. The highest BCUT2D eigenvalue weighted by Gasteiger charge is 1.99. The Morgan fingerprint density at radius 1 is 1.28 bits per heavy atom. The summed E-state index contributed by atoms with van der Waals surface area (Å²) < 4.78 is 1.99. The van der Waals surface area contributed by atoms with Gasteiger partial charge in [-0.05, 0) is 24.3 Å². The number of anilines is 1. The lowest BCUT2D eigenvalue weighted by Gasteiger charge is -1.95. The van der Waals surface area contributed by atoms with Gasteiger partial charge in [0.15, 0.2) is 0 Å². The number of hydrogen-bond donors (Lipinski definition) is 2. The van der Waals surface area contributed by atoms with E-state index in [1.54, 1.807) is 6.21 Å². The van der Waals surface area contributed by atoms with E-state index < -0.39 is 0 Å². The summed E-state index contributed by atoms with van der Waals surface area (Å²) >= 11 is 0. The fourth-order valence-electron chi connectivity index (χ4n) is 1.77. The monoisotopic (exact) mass is 239 g/mol. The van der Waals surface area contributed by atoms with Crippen molar-refractivity contribution in [3.8, 4) is 0 Å². The highest BCUT2D eigenvalue weighted by molar-refractivity contribution is 5.79. The van der Waals surface area contributed by atoms with Crippen LogP contribution in [-0.2, 0) is 7.05 Å². The first-order valence-electron chi connectivity index (χ1n) is 5.68. The van der Waals surface area contributed by atoms with Gasteiger partial charge < -0.3 is 9.55 Å². The van der Waals surface area contributed by atoms with Crippen molar-refractivity contribution in [1.82, 2.24) is 14.5 Å². The Balaban J connectivity index is 1.77. The molecule has 0 unspecified atom stereocenters. The van der Waals surface area contributed by atoms with Gasteiger partial charge in [0.05, 0.1) is 22.9 Å². The Morgan fingerprint density at radius 3 is 2.94 bits per heavy atom. The van der Waals surface area contributed by atoms with Crippen LogP contribution in [0.15, 0.2) is 47.7 Å². The number of nitrogens with one attached hydrogen (secondary N) is 2. The second kappa shape index (κ2) is 4.37. The number of para-hydroxylation sites is 2. The molecule has 90 valence electrons. The molecule has 3 aromatic rings. The second-order valence-electron chi connectivity index (χ2n) is 4.02. The summed E-state index contributed by atoms with van der Waals surface area (Å²) in [6, 6.07) is 11.8. The lowest BCUT2D eigenvalue weighted by molar-refractivity contribution is 0.918. The lowest BCUT2D eigenvalue weighted by Crippen LogP contribution is -1.96. The summed E-state index contributed by atoms with van der Waals surface area (Å²) in [7, 11) is 1.97. The summed E-state index contributed by atoms with van der Waals surface area (Å²) in [6.07, 6.45) is 3.73. The normalized spacial score (nSPS) is 11.4. The van der Waals surface area contributed by atoms with E-state index in [0.29, 0.717) is 5.95 Å². The van der Waals surface area contributed by atoms with Crippen molar-refractivity contribution in [3.63, 3.8) is 0 Å². The van der Waals surface area contributed by atoms with Crippen molar-refractivity contribution in [1.29, 1.82) is 0 Å². The molecule has 0 aliphatic heterocycles. The molecule has 0 amide bonds. The Labute approximate surface area is 104 Å². The number of aromatic nitrogens is 3. The van der Waals surface area contributed by atoms with Gasteiger partial charge in [0.1, 0.15) is 0 Å². The number of benzene rings is 1. The molecule has 2 aromatic heterocycles. The van der Waals surface area contributed by atoms with E-state index in [-0.39, 0.29) is 0 Å². The Kier molecular flexibility index (Phi) is 2.57. The minimum Gasteiger partial charge on any atom is -0.350 e. The molecule has 2 heterocycles. The Hall–Kier alpha value is -2.56.